The predicted octanol–water partition coefficient (Wildman–Crippen LogP) is 3.16. The van der Waals surface area contributed by atoms with Crippen molar-refractivity contribution in [3.63, 3.8) is 0 Å². The number of hydrogen-bond donors (Lipinski definition) is 1. The third kappa shape index (κ3) is 1.40. The van der Waals surface area contributed by atoms with Crippen LogP contribution in [-0.4, -0.2) is 10.8 Å². The molecule has 1 N–H and O–H groups in total. The first kappa shape index (κ1) is 9.21. The fraction of sp³-hybridized carbons (Fsp3) is 0.100. The minimum atomic E-state index is -0.490. The average Bonchev–Trinajstić information content (AvgIpc) is 2.48. The first-order valence-corrected chi connectivity index (χ1v) is 4.44. The molecule has 2 rings (SSSR count). The number of carbonyl (C=O) groups excluding carboxylic acids is 1. The molecule has 1 aromatic heterocycles. The van der Waals surface area contributed by atoms with E-state index in [-0.39, 0.29) is 10.8 Å². The SMILES string of the molecule is CC(=O)c1cc2cc(Cl)c(F)cc2[nH]1. The Morgan fingerprint density at radius 3 is 2.79 bits per heavy atom. The molecule has 0 bridgehead atoms. The molecule has 2 aromatic rings. The van der Waals surface area contributed by atoms with Crippen molar-refractivity contribution in [2.24, 2.45) is 0 Å². The fourth-order valence-electron chi connectivity index (χ4n) is 1.32. The number of nitrogens with one attached hydrogen (secondary N) is 1. The van der Waals surface area contributed by atoms with Crippen LogP contribution in [0.1, 0.15) is 17.4 Å². The van der Waals surface area contributed by atoms with Crippen molar-refractivity contribution in [2.75, 3.05) is 0 Å². The summed E-state index contributed by atoms with van der Waals surface area (Å²) < 4.78 is 13.0. The van der Waals surface area contributed by atoms with Gasteiger partial charge in [-0.1, -0.05) is 11.6 Å². The van der Waals surface area contributed by atoms with E-state index < -0.39 is 5.82 Å². The van der Waals surface area contributed by atoms with Gasteiger partial charge in [0.1, 0.15) is 5.82 Å². The Labute approximate surface area is 84.7 Å². The molecule has 0 aliphatic rings. The maximum atomic E-state index is 13.0. The molecule has 0 fully saturated rings. The lowest BCUT2D eigenvalue weighted by molar-refractivity contribution is 0.101. The lowest BCUT2D eigenvalue weighted by Gasteiger charge is -1.93. The molecule has 0 atom stereocenters. The second-order valence-corrected chi connectivity index (χ2v) is 3.50. The van der Waals surface area contributed by atoms with E-state index in [9.17, 15) is 9.18 Å². The quantitative estimate of drug-likeness (QED) is 0.722. The van der Waals surface area contributed by atoms with Crippen LogP contribution in [0.3, 0.4) is 0 Å². The summed E-state index contributed by atoms with van der Waals surface area (Å²) in [4.78, 5) is 13.8. The molecule has 0 saturated heterocycles. The number of aromatic nitrogens is 1. The number of carbonyl (C=O) groups is 1. The molecule has 0 radical (unpaired) electrons. The van der Waals surface area contributed by atoms with Gasteiger partial charge in [0.25, 0.3) is 0 Å². The highest BCUT2D eigenvalue weighted by Gasteiger charge is 2.07. The first-order chi connectivity index (χ1) is 6.58. The smallest absolute Gasteiger partial charge is 0.175 e. The van der Waals surface area contributed by atoms with E-state index in [1.807, 2.05) is 0 Å². The number of Topliss-reactive ketones (excluding diaryl/α,β-unsaturated/α-hetero) is 1. The van der Waals surface area contributed by atoms with Crippen molar-refractivity contribution in [3.8, 4) is 0 Å². The molecule has 2 nitrogen and oxygen atoms in total. The zero-order valence-electron chi connectivity index (χ0n) is 7.40. The number of halogens is 2. The van der Waals surface area contributed by atoms with Crippen molar-refractivity contribution in [1.29, 1.82) is 0 Å². The lowest BCUT2D eigenvalue weighted by Crippen LogP contribution is -1.89. The van der Waals surface area contributed by atoms with E-state index >= 15 is 0 Å². The van der Waals surface area contributed by atoms with Crippen LogP contribution in [-0.2, 0) is 0 Å². The molecule has 1 aromatic carbocycles. The number of hydrogen-bond acceptors (Lipinski definition) is 1. The van der Waals surface area contributed by atoms with Crippen molar-refractivity contribution >= 4 is 28.3 Å². The van der Waals surface area contributed by atoms with Gasteiger partial charge in [-0.3, -0.25) is 4.79 Å². The summed E-state index contributed by atoms with van der Waals surface area (Å²) in [5.41, 5.74) is 1.04. The molecular formula is C10H7ClFNO. The van der Waals surface area contributed by atoms with Gasteiger partial charge >= 0.3 is 0 Å². The highest BCUT2D eigenvalue weighted by atomic mass is 35.5. The molecule has 0 aliphatic heterocycles. The van der Waals surface area contributed by atoms with Gasteiger partial charge in [0, 0.05) is 17.8 Å². The van der Waals surface area contributed by atoms with Crippen molar-refractivity contribution < 1.29 is 9.18 Å². The number of H-pyrrole nitrogens is 1. The molecule has 1 heterocycles. The highest BCUT2D eigenvalue weighted by Crippen LogP contribution is 2.23. The summed E-state index contributed by atoms with van der Waals surface area (Å²) >= 11 is 5.60. The Hall–Kier alpha value is -1.35. The summed E-state index contributed by atoms with van der Waals surface area (Å²) in [6.45, 7) is 1.45. The zero-order valence-corrected chi connectivity index (χ0v) is 8.15. The number of fused-ring (bicyclic) bond motifs is 1. The van der Waals surface area contributed by atoms with Crippen LogP contribution in [0.15, 0.2) is 18.2 Å². The van der Waals surface area contributed by atoms with Gasteiger partial charge in [0.2, 0.25) is 0 Å². The van der Waals surface area contributed by atoms with Gasteiger partial charge in [0.15, 0.2) is 5.78 Å². The lowest BCUT2D eigenvalue weighted by atomic mass is 10.2. The van der Waals surface area contributed by atoms with Crippen LogP contribution in [0.5, 0.6) is 0 Å². The van der Waals surface area contributed by atoms with Gasteiger partial charge in [-0.25, -0.2) is 4.39 Å². The summed E-state index contributed by atoms with van der Waals surface area (Å²) in [6.07, 6.45) is 0. The Balaban J connectivity index is 2.72. The number of benzene rings is 1. The highest BCUT2D eigenvalue weighted by molar-refractivity contribution is 6.31. The van der Waals surface area contributed by atoms with Crippen LogP contribution in [0.4, 0.5) is 4.39 Å². The molecule has 0 spiro atoms. The fourth-order valence-corrected chi connectivity index (χ4v) is 1.49. The Bertz CT molecular complexity index is 479. The summed E-state index contributed by atoms with van der Waals surface area (Å²) in [6, 6.07) is 4.43. The Kier molecular flexibility index (Phi) is 2.04. The first-order valence-electron chi connectivity index (χ1n) is 4.06. The number of rotatable bonds is 1. The maximum absolute atomic E-state index is 13.0. The number of ketones is 1. The van der Waals surface area contributed by atoms with Crippen LogP contribution >= 0.6 is 11.6 Å². The van der Waals surface area contributed by atoms with E-state index in [4.69, 9.17) is 11.6 Å². The molecule has 0 unspecified atom stereocenters. The van der Waals surface area contributed by atoms with Crippen LogP contribution in [0.2, 0.25) is 5.02 Å². The summed E-state index contributed by atoms with van der Waals surface area (Å²) in [5.74, 6) is -0.575. The van der Waals surface area contributed by atoms with E-state index in [2.05, 4.69) is 4.98 Å². The van der Waals surface area contributed by atoms with Gasteiger partial charge in [0.05, 0.1) is 10.7 Å². The van der Waals surface area contributed by atoms with E-state index in [0.29, 0.717) is 11.2 Å². The third-order valence-corrected chi connectivity index (χ3v) is 2.33. The minimum absolute atomic E-state index is 0.0617. The summed E-state index contributed by atoms with van der Waals surface area (Å²) in [5, 5.41) is 0.799. The van der Waals surface area contributed by atoms with Gasteiger partial charge in [-0.2, -0.15) is 0 Å². The molecule has 4 heteroatoms. The van der Waals surface area contributed by atoms with Crippen LogP contribution in [0, 0.1) is 5.82 Å². The van der Waals surface area contributed by atoms with Gasteiger partial charge in [-0.15, -0.1) is 0 Å². The molecule has 72 valence electrons. The Morgan fingerprint density at radius 1 is 1.43 bits per heavy atom. The monoisotopic (exact) mass is 211 g/mol. The average molecular weight is 212 g/mol. The number of aromatic amines is 1. The third-order valence-electron chi connectivity index (χ3n) is 2.04. The predicted molar refractivity (Wildman–Crippen MR) is 53.3 cm³/mol. The molecule has 0 amide bonds. The standard InChI is InChI=1S/C10H7ClFNO/c1-5(14)9-3-6-2-7(11)8(12)4-10(6)13-9/h2-4,13H,1H3. The summed E-state index contributed by atoms with van der Waals surface area (Å²) in [7, 11) is 0. The topological polar surface area (TPSA) is 32.9 Å². The van der Waals surface area contributed by atoms with E-state index in [1.165, 1.54) is 19.1 Å². The molecular weight excluding hydrogens is 205 g/mol. The Morgan fingerprint density at radius 2 is 2.14 bits per heavy atom. The molecule has 0 saturated carbocycles. The maximum Gasteiger partial charge on any atom is 0.175 e. The largest absolute Gasteiger partial charge is 0.352 e. The van der Waals surface area contributed by atoms with E-state index in [0.717, 1.165) is 5.39 Å². The van der Waals surface area contributed by atoms with Crippen LogP contribution < -0.4 is 0 Å². The van der Waals surface area contributed by atoms with E-state index in [1.54, 1.807) is 6.07 Å². The normalized spacial score (nSPS) is 10.8. The van der Waals surface area contributed by atoms with Crippen molar-refractivity contribution in [3.05, 3.63) is 34.7 Å². The van der Waals surface area contributed by atoms with Gasteiger partial charge < -0.3 is 4.98 Å². The van der Waals surface area contributed by atoms with Crippen LogP contribution in [0.25, 0.3) is 10.9 Å². The van der Waals surface area contributed by atoms with Gasteiger partial charge in [-0.05, 0) is 18.2 Å². The molecule has 0 aliphatic carbocycles. The zero-order chi connectivity index (χ0) is 10.3. The van der Waals surface area contributed by atoms with Crippen molar-refractivity contribution in [2.45, 2.75) is 6.92 Å². The second-order valence-electron chi connectivity index (χ2n) is 3.09. The second kappa shape index (κ2) is 3.10. The minimum Gasteiger partial charge on any atom is -0.352 e. The van der Waals surface area contributed by atoms with Crippen molar-refractivity contribution in [1.82, 2.24) is 4.98 Å². The molecule has 14 heavy (non-hydrogen) atoms.